The minimum atomic E-state index is -0.340. The molecule has 5 nitrogen and oxygen atoms in total. The summed E-state index contributed by atoms with van der Waals surface area (Å²) in [6.07, 6.45) is 2.12. The van der Waals surface area contributed by atoms with Crippen LogP contribution in [0.4, 0.5) is 9.18 Å². The van der Waals surface area contributed by atoms with Crippen LogP contribution in [0.15, 0.2) is 24.3 Å². The van der Waals surface area contributed by atoms with Gasteiger partial charge < -0.3 is 15.1 Å². The van der Waals surface area contributed by atoms with Crippen molar-refractivity contribution in [2.75, 3.05) is 20.6 Å². The fourth-order valence-corrected chi connectivity index (χ4v) is 2.57. The van der Waals surface area contributed by atoms with E-state index >= 15 is 0 Å². The Balaban J connectivity index is 1.99. The van der Waals surface area contributed by atoms with Crippen LogP contribution in [-0.2, 0) is 4.79 Å². The second-order valence-corrected chi connectivity index (χ2v) is 6.11. The highest BCUT2D eigenvalue weighted by Crippen LogP contribution is 2.35. The van der Waals surface area contributed by atoms with Gasteiger partial charge in [0.1, 0.15) is 5.82 Å². The Kier molecular flexibility index (Phi) is 5.58. The Morgan fingerprint density at radius 2 is 1.96 bits per heavy atom. The predicted octanol–water partition coefficient (Wildman–Crippen LogP) is 2.54. The maximum absolute atomic E-state index is 14.0. The lowest BCUT2D eigenvalue weighted by Gasteiger charge is -2.30. The number of benzene rings is 1. The monoisotopic (exact) mass is 321 g/mol. The van der Waals surface area contributed by atoms with Gasteiger partial charge in [-0.15, -0.1) is 0 Å². The lowest BCUT2D eigenvalue weighted by molar-refractivity contribution is -0.128. The number of hydrogen-bond acceptors (Lipinski definition) is 2. The lowest BCUT2D eigenvalue weighted by Crippen LogP contribution is -2.44. The number of nitrogens with zero attached hydrogens (tertiary/aromatic N) is 2. The highest BCUT2D eigenvalue weighted by atomic mass is 19.1. The zero-order valence-electron chi connectivity index (χ0n) is 13.9. The van der Waals surface area contributed by atoms with Crippen LogP contribution in [0.1, 0.15) is 37.8 Å². The number of rotatable bonds is 6. The third-order valence-corrected chi connectivity index (χ3v) is 4.06. The number of hydrogen-bond donors (Lipinski definition) is 1. The molecule has 2 rings (SSSR count). The minimum absolute atomic E-state index is 0.0366. The first-order chi connectivity index (χ1) is 10.9. The standard InChI is InChI=1S/C17H24FN3O2/c1-12(14-6-4-5-7-15(14)18)21(13-8-9-13)17(23)19-11-10-16(22)20(2)3/h4-7,12-13H,8-11H2,1-3H3,(H,19,23)/t12-/m1/s1. The van der Waals surface area contributed by atoms with Crippen LogP contribution in [-0.4, -0.2) is 48.4 Å². The molecule has 1 aromatic carbocycles. The molecule has 1 fully saturated rings. The van der Waals surface area contributed by atoms with Crippen LogP contribution in [0.25, 0.3) is 0 Å². The van der Waals surface area contributed by atoms with Gasteiger partial charge >= 0.3 is 6.03 Å². The molecule has 0 radical (unpaired) electrons. The van der Waals surface area contributed by atoms with Crippen molar-refractivity contribution in [3.63, 3.8) is 0 Å². The maximum atomic E-state index is 14.0. The van der Waals surface area contributed by atoms with Gasteiger partial charge in [-0.2, -0.15) is 0 Å². The highest BCUT2D eigenvalue weighted by molar-refractivity contribution is 5.78. The van der Waals surface area contributed by atoms with Gasteiger partial charge in [0.15, 0.2) is 0 Å². The van der Waals surface area contributed by atoms with E-state index in [9.17, 15) is 14.0 Å². The average molecular weight is 321 g/mol. The van der Waals surface area contributed by atoms with Crippen molar-refractivity contribution in [1.29, 1.82) is 0 Å². The second kappa shape index (κ2) is 7.44. The molecule has 0 spiro atoms. The molecule has 1 saturated carbocycles. The van der Waals surface area contributed by atoms with Gasteiger partial charge in [0, 0.05) is 38.7 Å². The normalized spacial score (nSPS) is 15.0. The number of carbonyl (C=O) groups is 2. The largest absolute Gasteiger partial charge is 0.349 e. The van der Waals surface area contributed by atoms with Crippen LogP contribution in [0.3, 0.4) is 0 Å². The summed E-state index contributed by atoms with van der Waals surface area (Å²) in [5.74, 6) is -0.341. The SMILES string of the molecule is C[C@H](c1ccccc1F)N(C(=O)NCCC(=O)N(C)C)C1CC1. The van der Waals surface area contributed by atoms with Gasteiger partial charge in [0.05, 0.1) is 6.04 Å². The molecule has 1 N–H and O–H groups in total. The van der Waals surface area contributed by atoms with Crippen molar-refractivity contribution in [2.24, 2.45) is 0 Å². The molecule has 0 aliphatic heterocycles. The molecule has 0 heterocycles. The van der Waals surface area contributed by atoms with Crippen molar-refractivity contribution in [3.05, 3.63) is 35.6 Å². The van der Waals surface area contributed by atoms with Crippen LogP contribution >= 0.6 is 0 Å². The quantitative estimate of drug-likeness (QED) is 0.875. The van der Waals surface area contributed by atoms with Crippen molar-refractivity contribution < 1.29 is 14.0 Å². The van der Waals surface area contributed by atoms with E-state index in [2.05, 4.69) is 5.32 Å². The lowest BCUT2D eigenvalue weighted by atomic mass is 10.1. The van der Waals surface area contributed by atoms with E-state index in [4.69, 9.17) is 0 Å². The fraction of sp³-hybridized carbons (Fsp3) is 0.529. The van der Waals surface area contributed by atoms with E-state index < -0.39 is 0 Å². The average Bonchev–Trinajstić information content (AvgIpc) is 3.32. The highest BCUT2D eigenvalue weighted by Gasteiger charge is 2.36. The minimum Gasteiger partial charge on any atom is -0.349 e. The smallest absolute Gasteiger partial charge is 0.318 e. The number of amides is 3. The summed E-state index contributed by atoms with van der Waals surface area (Å²) in [5, 5.41) is 2.78. The Hall–Kier alpha value is -2.11. The van der Waals surface area contributed by atoms with Gasteiger partial charge in [-0.25, -0.2) is 9.18 Å². The molecule has 3 amide bonds. The molecule has 1 aliphatic rings. The summed E-state index contributed by atoms with van der Waals surface area (Å²) in [4.78, 5) is 27.2. The number of nitrogens with one attached hydrogen (secondary N) is 1. The molecule has 1 aliphatic carbocycles. The molecule has 23 heavy (non-hydrogen) atoms. The maximum Gasteiger partial charge on any atom is 0.318 e. The van der Waals surface area contributed by atoms with Gasteiger partial charge in [0.2, 0.25) is 5.91 Å². The van der Waals surface area contributed by atoms with Crippen molar-refractivity contribution in [1.82, 2.24) is 15.1 Å². The summed E-state index contributed by atoms with van der Waals surface area (Å²) in [5.41, 5.74) is 0.513. The molecule has 0 saturated heterocycles. The van der Waals surface area contributed by atoms with Gasteiger partial charge in [-0.3, -0.25) is 4.79 Å². The van der Waals surface area contributed by atoms with E-state index in [1.165, 1.54) is 11.0 Å². The van der Waals surface area contributed by atoms with Crippen LogP contribution in [0.2, 0.25) is 0 Å². The van der Waals surface area contributed by atoms with Crippen molar-refractivity contribution in [2.45, 2.75) is 38.3 Å². The molecule has 1 aromatic rings. The fourth-order valence-electron chi connectivity index (χ4n) is 2.57. The molecule has 6 heteroatoms. The summed E-state index contributed by atoms with van der Waals surface area (Å²) in [7, 11) is 3.36. The van der Waals surface area contributed by atoms with Gasteiger partial charge in [-0.05, 0) is 25.8 Å². The van der Waals surface area contributed by atoms with Crippen LogP contribution in [0, 0.1) is 5.82 Å². The summed E-state index contributed by atoms with van der Waals surface area (Å²) >= 11 is 0. The first kappa shape index (κ1) is 17.2. The van der Waals surface area contributed by atoms with E-state index in [0.717, 1.165) is 12.8 Å². The Labute approximate surface area is 136 Å². The molecule has 0 bridgehead atoms. The number of halogens is 1. The third kappa shape index (κ3) is 4.43. The zero-order chi connectivity index (χ0) is 17.0. The molecule has 1 atom stereocenters. The number of urea groups is 1. The first-order valence-electron chi connectivity index (χ1n) is 7.92. The van der Waals surface area contributed by atoms with Crippen LogP contribution < -0.4 is 5.32 Å². The predicted molar refractivity (Wildman–Crippen MR) is 86.4 cm³/mol. The van der Waals surface area contributed by atoms with E-state index in [0.29, 0.717) is 5.56 Å². The van der Waals surface area contributed by atoms with Gasteiger partial charge in [0.25, 0.3) is 0 Å². The molecular weight excluding hydrogens is 297 g/mol. The van der Waals surface area contributed by atoms with E-state index in [1.807, 2.05) is 6.92 Å². The van der Waals surface area contributed by atoms with E-state index in [1.54, 1.807) is 37.2 Å². The van der Waals surface area contributed by atoms with Crippen LogP contribution in [0.5, 0.6) is 0 Å². The first-order valence-corrected chi connectivity index (χ1v) is 7.92. The van der Waals surface area contributed by atoms with Crippen molar-refractivity contribution >= 4 is 11.9 Å². The molecule has 0 aromatic heterocycles. The van der Waals surface area contributed by atoms with Crippen molar-refractivity contribution in [3.8, 4) is 0 Å². The Bertz CT molecular complexity index is 573. The Morgan fingerprint density at radius 1 is 1.30 bits per heavy atom. The van der Waals surface area contributed by atoms with E-state index in [-0.39, 0.29) is 42.8 Å². The molecular formula is C17H24FN3O2. The summed E-state index contributed by atoms with van der Waals surface area (Å²) in [6.45, 7) is 2.12. The van der Waals surface area contributed by atoms with Gasteiger partial charge in [-0.1, -0.05) is 18.2 Å². The zero-order valence-corrected chi connectivity index (χ0v) is 13.9. The topological polar surface area (TPSA) is 52.7 Å². The Morgan fingerprint density at radius 3 is 2.52 bits per heavy atom. The summed E-state index contributed by atoms with van der Waals surface area (Å²) in [6, 6.07) is 6.09. The molecule has 0 unspecified atom stereocenters. The number of carbonyl (C=O) groups excluding carboxylic acids is 2. The second-order valence-electron chi connectivity index (χ2n) is 6.11. The molecule has 126 valence electrons. The third-order valence-electron chi connectivity index (χ3n) is 4.06. The summed E-state index contributed by atoms with van der Waals surface area (Å²) < 4.78 is 14.0.